The van der Waals surface area contributed by atoms with Crippen LogP contribution >= 0.6 is 0 Å². The number of benzene rings is 2. The Morgan fingerprint density at radius 3 is 2.61 bits per heavy atom. The number of hydrogen-bond acceptors (Lipinski definition) is 3. The first kappa shape index (κ1) is 12.6. The van der Waals surface area contributed by atoms with E-state index in [2.05, 4.69) is 18.2 Å². The van der Waals surface area contributed by atoms with Crippen molar-refractivity contribution in [2.75, 3.05) is 0 Å². The summed E-state index contributed by atoms with van der Waals surface area (Å²) in [6.45, 7) is 0. The molecule has 3 nitrogen and oxygen atoms in total. The van der Waals surface area contributed by atoms with Gasteiger partial charge >= 0.3 is 5.63 Å². The Labute approximate surface area is 132 Å². The van der Waals surface area contributed by atoms with Gasteiger partial charge in [-0.2, -0.15) is 0 Å². The van der Waals surface area contributed by atoms with E-state index in [1.54, 1.807) is 0 Å². The lowest BCUT2D eigenvalue weighted by Crippen LogP contribution is -2.09. The quantitative estimate of drug-likeness (QED) is 0.362. The Kier molecular flexibility index (Phi) is 2.48. The van der Waals surface area contributed by atoms with Crippen molar-refractivity contribution >= 4 is 21.9 Å². The largest absolute Gasteiger partial charge is 0.422 e. The van der Waals surface area contributed by atoms with Crippen LogP contribution in [0.2, 0.25) is 0 Å². The number of aromatic nitrogens is 1. The molecule has 0 unspecified atom stereocenters. The predicted octanol–water partition coefficient (Wildman–Crippen LogP) is 4.11. The van der Waals surface area contributed by atoms with Gasteiger partial charge < -0.3 is 4.42 Å². The van der Waals surface area contributed by atoms with Crippen LogP contribution in [-0.4, -0.2) is 4.98 Å². The van der Waals surface area contributed by atoms with Gasteiger partial charge in [-0.15, -0.1) is 0 Å². The van der Waals surface area contributed by atoms with Gasteiger partial charge in [0.1, 0.15) is 5.58 Å². The summed E-state index contributed by atoms with van der Waals surface area (Å²) in [7, 11) is 0. The SMILES string of the molecule is O=c1oc2ccccc2c2nc3c(cc12)CCc1ccccc1-3. The molecule has 0 saturated heterocycles. The monoisotopic (exact) mass is 299 g/mol. The van der Waals surface area contributed by atoms with E-state index in [1.165, 1.54) is 11.1 Å². The first-order valence-electron chi connectivity index (χ1n) is 7.75. The lowest BCUT2D eigenvalue weighted by atomic mass is 9.88. The van der Waals surface area contributed by atoms with E-state index in [4.69, 9.17) is 9.40 Å². The molecule has 0 N–H and O–H groups in total. The van der Waals surface area contributed by atoms with Gasteiger partial charge in [-0.1, -0.05) is 36.4 Å². The summed E-state index contributed by atoms with van der Waals surface area (Å²) in [5.41, 5.74) is 5.61. The summed E-state index contributed by atoms with van der Waals surface area (Å²) in [5.74, 6) is 0. The van der Waals surface area contributed by atoms with Crippen molar-refractivity contribution in [1.82, 2.24) is 4.98 Å². The lowest BCUT2D eigenvalue weighted by Gasteiger charge is -2.19. The molecule has 110 valence electrons. The van der Waals surface area contributed by atoms with Crippen molar-refractivity contribution in [2.45, 2.75) is 12.8 Å². The van der Waals surface area contributed by atoms with Crippen LogP contribution in [0.4, 0.5) is 0 Å². The second-order valence-corrected chi connectivity index (χ2v) is 5.94. The van der Waals surface area contributed by atoms with Crippen LogP contribution < -0.4 is 5.63 Å². The van der Waals surface area contributed by atoms with E-state index in [0.717, 1.165) is 35.0 Å². The molecule has 0 aliphatic heterocycles. The normalized spacial score (nSPS) is 13.0. The van der Waals surface area contributed by atoms with Crippen LogP contribution in [0.1, 0.15) is 11.1 Å². The standard InChI is InChI=1S/C20H13NO2/c22-20-16-11-13-10-9-12-5-1-2-6-14(12)18(13)21-19(16)15-7-3-4-8-17(15)23-20/h1-8,11H,9-10H2. The fourth-order valence-electron chi connectivity index (χ4n) is 3.48. The highest BCUT2D eigenvalue weighted by atomic mass is 16.4. The summed E-state index contributed by atoms with van der Waals surface area (Å²) >= 11 is 0. The summed E-state index contributed by atoms with van der Waals surface area (Å²) in [5, 5.41) is 1.45. The summed E-state index contributed by atoms with van der Waals surface area (Å²) < 4.78 is 5.44. The molecule has 23 heavy (non-hydrogen) atoms. The Hall–Kier alpha value is -2.94. The molecule has 0 saturated carbocycles. The van der Waals surface area contributed by atoms with Crippen molar-refractivity contribution in [3.63, 3.8) is 0 Å². The molecular formula is C20H13NO2. The van der Waals surface area contributed by atoms with Gasteiger partial charge in [0.05, 0.1) is 16.6 Å². The molecule has 4 aromatic rings. The maximum atomic E-state index is 12.3. The fourth-order valence-corrected chi connectivity index (χ4v) is 3.48. The Morgan fingerprint density at radius 2 is 1.65 bits per heavy atom. The Bertz CT molecular complexity index is 1140. The van der Waals surface area contributed by atoms with Gasteiger partial charge in [-0.25, -0.2) is 9.78 Å². The van der Waals surface area contributed by atoms with Crippen LogP contribution in [0.3, 0.4) is 0 Å². The maximum absolute atomic E-state index is 12.3. The van der Waals surface area contributed by atoms with Gasteiger partial charge in [0.15, 0.2) is 0 Å². The molecule has 3 heteroatoms. The third-order valence-electron chi connectivity index (χ3n) is 4.60. The number of pyridine rings is 1. The van der Waals surface area contributed by atoms with Crippen LogP contribution in [0.5, 0.6) is 0 Å². The molecule has 0 radical (unpaired) electrons. The predicted molar refractivity (Wildman–Crippen MR) is 90.6 cm³/mol. The molecule has 0 fully saturated rings. The van der Waals surface area contributed by atoms with Crippen molar-refractivity contribution < 1.29 is 4.42 Å². The zero-order valence-corrected chi connectivity index (χ0v) is 12.4. The number of nitrogens with zero attached hydrogens (tertiary/aromatic N) is 1. The van der Waals surface area contributed by atoms with Gasteiger partial charge in [-0.05, 0) is 42.2 Å². The second-order valence-electron chi connectivity index (χ2n) is 5.94. The van der Waals surface area contributed by atoms with Crippen molar-refractivity contribution in [3.05, 3.63) is 76.1 Å². The highest BCUT2D eigenvalue weighted by Gasteiger charge is 2.20. The number of aryl methyl sites for hydroxylation is 2. The van der Waals surface area contributed by atoms with Crippen LogP contribution in [0.25, 0.3) is 33.1 Å². The number of para-hydroxylation sites is 1. The third kappa shape index (κ3) is 1.77. The minimum absolute atomic E-state index is 0.312. The first-order valence-corrected chi connectivity index (χ1v) is 7.75. The molecule has 1 aliphatic rings. The highest BCUT2D eigenvalue weighted by Crippen LogP contribution is 2.34. The van der Waals surface area contributed by atoms with E-state index >= 15 is 0 Å². The lowest BCUT2D eigenvalue weighted by molar-refractivity contribution is 0.569. The van der Waals surface area contributed by atoms with E-state index < -0.39 is 0 Å². The smallest absolute Gasteiger partial charge is 0.345 e. The van der Waals surface area contributed by atoms with Gasteiger partial charge in [0.25, 0.3) is 0 Å². The fraction of sp³-hybridized carbons (Fsp3) is 0.100. The van der Waals surface area contributed by atoms with Gasteiger partial charge in [-0.3, -0.25) is 0 Å². The zero-order chi connectivity index (χ0) is 15.4. The van der Waals surface area contributed by atoms with E-state index in [1.807, 2.05) is 36.4 Å². The molecule has 5 rings (SSSR count). The summed E-state index contributed by atoms with van der Waals surface area (Å²) in [6.07, 6.45) is 1.89. The van der Waals surface area contributed by atoms with E-state index in [0.29, 0.717) is 11.0 Å². The first-order chi connectivity index (χ1) is 11.3. The van der Waals surface area contributed by atoms with Crippen LogP contribution in [0.15, 0.2) is 63.8 Å². The zero-order valence-electron chi connectivity index (χ0n) is 12.4. The maximum Gasteiger partial charge on any atom is 0.345 e. The average Bonchev–Trinajstić information content (AvgIpc) is 2.60. The third-order valence-corrected chi connectivity index (χ3v) is 4.60. The van der Waals surface area contributed by atoms with Crippen LogP contribution in [0, 0.1) is 0 Å². The topological polar surface area (TPSA) is 43.1 Å². The van der Waals surface area contributed by atoms with Crippen LogP contribution in [-0.2, 0) is 12.8 Å². The summed E-state index contributed by atoms with van der Waals surface area (Å²) in [6, 6.07) is 17.9. The van der Waals surface area contributed by atoms with Crippen molar-refractivity contribution in [3.8, 4) is 11.3 Å². The number of fused-ring (bicyclic) bond motifs is 6. The van der Waals surface area contributed by atoms with Gasteiger partial charge in [0.2, 0.25) is 0 Å². The summed E-state index contributed by atoms with van der Waals surface area (Å²) in [4.78, 5) is 17.2. The minimum Gasteiger partial charge on any atom is -0.422 e. The number of rotatable bonds is 0. The van der Waals surface area contributed by atoms with Crippen molar-refractivity contribution in [2.24, 2.45) is 0 Å². The molecule has 1 aliphatic carbocycles. The van der Waals surface area contributed by atoms with E-state index in [9.17, 15) is 4.79 Å². The van der Waals surface area contributed by atoms with Gasteiger partial charge in [0, 0.05) is 10.9 Å². The number of hydrogen-bond donors (Lipinski definition) is 0. The molecule has 2 heterocycles. The Morgan fingerprint density at radius 1 is 0.870 bits per heavy atom. The second kappa shape index (κ2) is 4.53. The molecule has 0 amide bonds. The molecule has 0 spiro atoms. The molecule has 0 atom stereocenters. The van der Waals surface area contributed by atoms with E-state index in [-0.39, 0.29) is 5.63 Å². The van der Waals surface area contributed by atoms with Crippen molar-refractivity contribution in [1.29, 1.82) is 0 Å². The molecule has 2 aromatic carbocycles. The molecular weight excluding hydrogens is 286 g/mol. The average molecular weight is 299 g/mol. The molecule has 0 bridgehead atoms. The Balaban J connectivity index is 1.96. The highest BCUT2D eigenvalue weighted by molar-refractivity contribution is 6.02. The molecule has 2 aromatic heterocycles. The minimum atomic E-state index is -0.312.